The number of halogens is 3. The molecule has 0 bridgehead atoms. The second-order valence-corrected chi connectivity index (χ2v) is 5.57. The minimum Gasteiger partial charge on any atom is -0.491 e. The van der Waals surface area contributed by atoms with Gasteiger partial charge < -0.3 is 10.5 Å². The topological polar surface area (TPSA) is 35.2 Å². The van der Waals surface area contributed by atoms with Crippen LogP contribution in [0.15, 0.2) is 18.2 Å². The van der Waals surface area contributed by atoms with E-state index >= 15 is 0 Å². The summed E-state index contributed by atoms with van der Waals surface area (Å²) < 4.78 is 44.4. The van der Waals surface area contributed by atoms with E-state index in [1.54, 1.807) is 0 Å². The summed E-state index contributed by atoms with van der Waals surface area (Å²) in [6, 6.07) is 3.66. The highest BCUT2D eigenvalue weighted by molar-refractivity contribution is 7.80. The SMILES string of the molecule is CC(C)CC(C)Oc1ccc(C(N)=S)c(C(F)(F)F)c1. The number of hydrogen-bond acceptors (Lipinski definition) is 2. The van der Waals surface area contributed by atoms with Gasteiger partial charge >= 0.3 is 6.18 Å². The summed E-state index contributed by atoms with van der Waals surface area (Å²) >= 11 is 4.64. The Labute approximate surface area is 122 Å². The van der Waals surface area contributed by atoms with Gasteiger partial charge in [-0.05, 0) is 37.5 Å². The molecule has 1 rings (SSSR count). The third-order valence-corrected chi connectivity index (χ3v) is 2.92. The molecule has 0 amide bonds. The van der Waals surface area contributed by atoms with E-state index in [0.29, 0.717) is 5.92 Å². The van der Waals surface area contributed by atoms with Crippen LogP contribution in [0, 0.1) is 5.92 Å². The van der Waals surface area contributed by atoms with Crippen LogP contribution in [-0.4, -0.2) is 11.1 Å². The number of alkyl halides is 3. The van der Waals surface area contributed by atoms with Crippen molar-refractivity contribution in [3.8, 4) is 5.75 Å². The Morgan fingerprint density at radius 1 is 1.30 bits per heavy atom. The average Bonchev–Trinajstić information content (AvgIpc) is 2.25. The van der Waals surface area contributed by atoms with Crippen LogP contribution in [0.2, 0.25) is 0 Å². The zero-order valence-electron chi connectivity index (χ0n) is 11.6. The number of thiocarbonyl (C=S) groups is 1. The van der Waals surface area contributed by atoms with E-state index in [1.807, 2.05) is 20.8 Å². The van der Waals surface area contributed by atoms with Gasteiger partial charge in [0.1, 0.15) is 10.7 Å². The maximum absolute atomic E-state index is 13.0. The zero-order chi connectivity index (χ0) is 15.5. The molecular formula is C14H18F3NOS. The molecule has 0 saturated carbocycles. The molecule has 1 aromatic carbocycles. The van der Waals surface area contributed by atoms with E-state index in [2.05, 4.69) is 12.2 Å². The summed E-state index contributed by atoms with van der Waals surface area (Å²) in [5.41, 5.74) is 4.27. The minimum atomic E-state index is -4.51. The smallest absolute Gasteiger partial charge is 0.417 e. The number of ether oxygens (including phenoxy) is 1. The van der Waals surface area contributed by atoms with Crippen molar-refractivity contribution in [3.05, 3.63) is 29.3 Å². The molecule has 0 spiro atoms. The monoisotopic (exact) mass is 305 g/mol. The van der Waals surface area contributed by atoms with Gasteiger partial charge in [0.25, 0.3) is 0 Å². The molecule has 2 N–H and O–H groups in total. The summed E-state index contributed by atoms with van der Waals surface area (Å²) in [6.07, 6.45) is -3.91. The summed E-state index contributed by atoms with van der Waals surface area (Å²) in [5, 5.41) is 0. The summed E-state index contributed by atoms with van der Waals surface area (Å²) in [6.45, 7) is 5.88. The van der Waals surface area contributed by atoms with Crippen LogP contribution in [0.25, 0.3) is 0 Å². The number of benzene rings is 1. The number of hydrogen-bond donors (Lipinski definition) is 1. The van der Waals surface area contributed by atoms with Crippen molar-refractivity contribution >= 4 is 17.2 Å². The summed E-state index contributed by atoms with van der Waals surface area (Å²) in [7, 11) is 0. The molecule has 0 aromatic heterocycles. The van der Waals surface area contributed by atoms with Gasteiger partial charge in [0.05, 0.1) is 11.7 Å². The molecule has 0 saturated heterocycles. The second-order valence-electron chi connectivity index (χ2n) is 5.13. The maximum atomic E-state index is 13.0. The van der Waals surface area contributed by atoms with Crippen molar-refractivity contribution < 1.29 is 17.9 Å². The van der Waals surface area contributed by atoms with E-state index in [-0.39, 0.29) is 22.4 Å². The Bertz CT molecular complexity index is 486. The molecule has 1 atom stereocenters. The first kappa shape index (κ1) is 16.8. The van der Waals surface area contributed by atoms with E-state index in [9.17, 15) is 13.2 Å². The van der Waals surface area contributed by atoms with Gasteiger partial charge in [-0.15, -0.1) is 0 Å². The van der Waals surface area contributed by atoms with Crippen molar-refractivity contribution in [2.75, 3.05) is 0 Å². The predicted octanol–water partition coefficient (Wildman–Crippen LogP) is 4.15. The van der Waals surface area contributed by atoms with Crippen molar-refractivity contribution in [3.63, 3.8) is 0 Å². The first-order chi connectivity index (χ1) is 9.11. The Kier molecular flexibility index (Phi) is 5.39. The van der Waals surface area contributed by atoms with Crippen LogP contribution in [-0.2, 0) is 6.18 Å². The van der Waals surface area contributed by atoms with Gasteiger partial charge in [-0.3, -0.25) is 0 Å². The number of nitrogens with two attached hydrogens (primary N) is 1. The van der Waals surface area contributed by atoms with Gasteiger partial charge in [-0.25, -0.2) is 0 Å². The third-order valence-electron chi connectivity index (χ3n) is 2.70. The van der Waals surface area contributed by atoms with Gasteiger partial charge in [-0.2, -0.15) is 13.2 Å². The van der Waals surface area contributed by atoms with Gasteiger partial charge in [0.2, 0.25) is 0 Å². The molecule has 0 heterocycles. The van der Waals surface area contributed by atoms with Crippen LogP contribution in [0.1, 0.15) is 38.3 Å². The van der Waals surface area contributed by atoms with Crippen LogP contribution >= 0.6 is 12.2 Å². The molecule has 0 fully saturated rings. The quantitative estimate of drug-likeness (QED) is 0.830. The molecule has 0 aliphatic heterocycles. The molecule has 0 aliphatic rings. The molecule has 2 nitrogen and oxygen atoms in total. The molecule has 112 valence electrons. The summed E-state index contributed by atoms with van der Waals surface area (Å²) in [4.78, 5) is -0.279. The lowest BCUT2D eigenvalue weighted by molar-refractivity contribution is -0.137. The van der Waals surface area contributed by atoms with Crippen LogP contribution in [0.3, 0.4) is 0 Å². The van der Waals surface area contributed by atoms with Crippen LogP contribution in [0.5, 0.6) is 5.75 Å². The normalized spacial score (nSPS) is 13.3. The van der Waals surface area contributed by atoms with Crippen molar-refractivity contribution in [2.24, 2.45) is 11.7 Å². The van der Waals surface area contributed by atoms with E-state index in [4.69, 9.17) is 10.5 Å². The highest BCUT2D eigenvalue weighted by Crippen LogP contribution is 2.34. The van der Waals surface area contributed by atoms with Crippen molar-refractivity contribution in [2.45, 2.75) is 39.5 Å². The molecule has 0 aliphatic carbocycles. The average molecular weight is 305 g/mol. The highest BCUT2D eigenvalue weighted by atomic mass is 32.1. The van der Waals surface area contributed by atoms with E-state index < -0.39 is 11.7 Å². The first-order valence-corrected chi connectivity index (χ1v) is 6.69. The molecule has 1 unspecified atom stereocenters. The molecule has 1 aromatic rings. The fourth-order valence-corrected chi connectivity index (χ4v) is 2.17. The predicted molar refractivity (Wildman–Crippen MR) is 76.9 cm³/mol. The van der Waals surface area contributed by atoms with Crippen LogP contribution in [0.4, 0.5) is 13.2 Å². The largest absolute Gasteiger partial charge is 0.491 e. The van der Waals surface area contributed by atoms with E-state index in [0.717, 1.165) is 12.5 Å². The molecular weight excluding hydrogens is 287 g/mol. The van der Waals surface area contributed by atoms with E-state index in [1.165, 1.54) is 12.1 Å². The highest BCUT2D eigenvalue weighted by Gasteiger charge is 2.34. The molecule has 20 heavy (non-hydrogen) atoms. The fraction of sp³-hybridized carbons (Fsp3) is 0.500. The Balaban J connectivity index is 3.04. The summed E-state index contributed by atoms with van der Waals surface area (Å²) in [5.74, 6) is 0.577. The third kappa shape index (κ3) is 4.67. The van der Waals surface area contributed by atoms with Gasteiger partial charge in [-0.1, -0.05) is 26.1 Å². The van der Waals surface area contributed by atoms with Gasteiger partial charge in [0.15, 0.2) is 0 Å². The zero-order valence-corrected chi connectivity index (χ0v) is 12.4. The van der Waals surface area contributed by atoms with Gasteiger partial charge in [0, 0.05) is 5.56 Å². The minimum absolute atomic E-state index is 0.160. The van der Waals surface area contributed by atoms with Crippen LogP contribution < -0.4 is 10.5 Å². The number of rotatable bonds is 5. The lowest BCUT2D eigenvalue weighted by atomic mass is 10.1. The Morgan fingerprint density at radius 3 is 2.35 bits per heavy atom. The lowest BCUT2D eigenvalue weighted by Gasteiger charge is -2.19. The maximum Gasteiger partial charge on any atom is 0.417 e. The standard InChI is InChI=1S/C14H18F3NOS/c1-8(2)6-9(3)19-10-4-5-11(13(18)20)12(7-10)14(15,16)17/h4-5,7-9H,6H2,1-3H3,(H2,18,20). The molecule has 6 heteroatoms. The molecule has 0 radical (unpaired) electrons. The second kappa shape index (κ2) is 6.43. The Hall–Kier alpha value is -1.30. The lowest BCUT2D eigenvalue weighted by Crippen LogP contribution is -2.19. The van der Waals surface area contributed by atoms with Crippen molar-refractivity contribution in [1.29, 1.82) is 0 Å². The van der Waals surface area contributed by atoms with Crippen molar-refractivity contribution in [1.82, 2.24) is 0 Å². The first-order valence-electron chi connectivity index (χ1n) is 6.29. The fourth-order valence-electron chi connectivity index (χ4n) is 1.99. The Morgan fingerprint density at radius 2 is 1.90 bits per heavy atom.